The SMILES string of the molecule is CCCCc1nc(CCCC)c(Cc2ccc(-c3ccccc3)c(C#N)c2)c(=O)[nH]1. The lowest BCUT2D eigenvalue weighted by Gasteiger charge is -2.12. The number of aromatic amines is 1. The summed E-state index contributed by atoms with van der Waals surface area (Å²) in [5.41, 5.74) is 5.08. The molecule has 0 atom stereocenters. The molecule has 0 bridgehead atoms. The number of nitrogens with zero attached hydrogens (tertiary/aromatic N) is 2. The molecule has 0 amide bonds. The van der Waals surface area contributed by atoms with Crippen LogP contribution in [-0.2, 0) is 19.3 Å². The van der Waals surface area contributed by atoms with Gasteiger partial charge in [-0.05, 0) is 42.0 Å². The van der Waals surface area contributed by atoms with Crippen LogP contribution in [0, 0.1) is 11.3 Å². The van der Waals surface area contributed by atoms with E-state index in [0.29, 0.717) is 12.0 Å². The van der Waals surface area contributed by atoms with E-state index in [2.05, 4.69) is 24.9 Å². The molecular weight excluding hydrogens is 370 g/mol. The van der Waals surface area contributed by atoms with Crippen LogP contribution < -0.4 is 5.56 Å². The van der Waals surface area contributed by atoms with Crippen LogP contribution in [0.3, 0.4) is 0 Å². The van der Waals surface area contributed by atoms with E-state index in [-0.39, 0.29) is 5.56 Å². The van der Waals surface area contributed by atoms with Gasteiger partial charge in [-0.3, -0.25) is 4.79 Å². The molecule has 0 aliphatic rings. The average Bonchev–Trinajstić information content (AvgIpc) is 2.78. The van der Waals surface area contributed by atoms with E-state index in [1.807, 2.05) is 48.5 Å². The Kier molecular flexibility index (Phi) is 7.57. The van der Waals surface area contributed by atoms with Gasteiger partial charge in [0.15, 0.2) is 0 Å². The first-order chi connectivity index (χ1) is 14.7. The summed E-state index contributed by atoms with van der Waals surface area (Å²) in [5, 5.41) is 9.68. The summed E-state index contributed by atoms with van der Waals surface area (Å²) in [6.07, 6.45) is 6.24. The van der Waals surface area contributed by atoms with Crippen LogP contribution in [0.1, 0.15) is 67.7 Å². The molecule has 154 valence electrons. The Bertz CT molecular complexity index is 1080. The third kappa shape index (κ3) is 5.24. The number of nitrogens with one attached hydrogen (secondary N) is 1. The fraction of sp³-hybridized carbons (Fsp3) is 0.346. The highest BCUT2D eigenvalue weighted by Crippen LogP contribution is 2.25. The number of hydrogen-bond acceptors (Lipinski definition) is 3. The molecule has 30 heavy (non-hydrogen) atoms. The van der Waals surface area contributed by atoms with Crippen molar-refractivity contribution in [3.05, 3.63) is 87.1 Å². The predicted octanol–water partition coefficient (Wildman–Crippen LogP) is 5.58. The maximum atomic E-state index is 12.9. The first-order valence-corrected chi connectivity index (χ1v) is 10.9. The standard InChI is InChI=1S/C26H29N3O/c1-3-5-12-24-23(26(30)29-25(28-24)13-6-4-2)17-19-14-15-22(21(16-19)18-27)20-10-8-7-9-11-20/h7-11,14-16H,3-6,12-13,17H2,1-2H3,(H,28,29,30). The Morgan fingerprint density at radius 3 is 2.43 bits per heavy atom. The van der Waals surface area contributed by atoms with Gasteiger partial charge in [0.25, 0.3) is 5.56 Å². The average molecular weight is 400 g/mol. The summed E-state index contributed by atoms with van der Waals surface area (Å²) in [6, 6.07) is 18.1. The van der Waals surface area contributed by atoms with Gasteiger partial charge in [0.05, 0.1) is 17.3 Å². The molecule has 2 aromatic carbocycles. The number of aromatic nitrogens is 2. The van der Waals surface area contributed by atoms with E-state index in [1.54, 1.807) is 0 Å². The van der Waals surface area contributed by atoms with Crippen molar-refractivity contribution >= 4 is 0 Å². The smallest absolute Gasteiger partial charge is 0.254 e. The zero-order valence-corrected chi connectivity index (χ0v) is 17.9. The molecule has 1 aromatic heterocycles. The second-order valence-corrected chi connectivity index (χ2v) is 7.68. The summed E-state index contributed by atoms with van der Waals surface area (Å²) in [6.45, 7) is 4.28. The molecule has 0 fully saturated rings. The van der Waals surface area contributed by atoms with Gasteiger partial charge in [-0.25, -0.2) is 4.98 Å². The maximum Gasteiger partial charge on any atom is 0.254 e. The van der Waals surface area contributed by atoms with Gasteiger partial charge in [0.2, 0.25) is 0 Å². The van der Waals surface area contributed by atoms with Crippen LogP contribution in [0.15, 0.2) is 53.3 Å². The van der Waals surface area contributed by atoms with Crippen molar-refractivity contribution in [3.63, 3.8) is 0 Å². The Labute approximate surface area is 178 Å². The summed E-state index contributed by atoms with van der Waals surface area (Å²) in [4.78, 5) is 20.6. The highest BCUT2D eigenvalue weighted by molar-refractivity contribution is 5.71. The zero-order chi connectivity index (χ0) is 21.3. The second kappa shape index (κ2) is 10.5. The number of nitriles is 1. The molecule has 0 saturated heterocycles. The normalized spacial score (nSPS) is 10.7. The van der Waals surface area contributed by atoms with Crippen LogP contribution in [0.4, 0.5) is 0 Å². The number of benzene rings is 2. The molecule has 4 nitrogen and oxygen atoms in total. The number of unbranched alkanes of at least 4 members (excludes halogenated alkanes) is 2. The molecule has 0 spiro atoms. The van der Waals surface area contributed by atoms with Gasteiger partial charge in [0, 0.05) is 18.4 Å². The molecule has 1 N–H and O–H groups in total. The molecule has 0 radical (unpaired) electrons. The molecule has 0 saturated carbocycles. The van der Waals surface area contributed by atoms with Crippen molar-refractivity contribution in [1.82, 2.24) is 9.97 Å². The minimum atomic E-state index is -0.0483. The Hall–Kier alpha value is -3.19. The van der Waals surface area contributed by atoms with Crippen molar-refractivity contribution in [2.24, 2.45) is 0 Å². The van der Waals surface area contributed by atoms with Gasteiger partial charge in [0.1, 0.15) is 5.82 Å². The summed E-state index contributed by atoms with van der Waals surface area (Å²) < 4.78 is 0. The van der Waals surface area contributed by atoms with E-state index in [4.69, 9.17) is 4.98 Å². The fourth-order valence-corrected chi connectivity index (χ4v) is 3.66. The van der Waals surface area contributed by atoms with Crippen LogP contribution in [0.2, 0.25) is 0 Å². The predicted molar refractivity (Wildman–Crippen MR) is 121 cm³/mol. The third-order valence-electron chi connectivity index (χ3n) is 5.35. The van der Waals surface area contributed by atoms with Crippen molar-refractivity contribution in [2.75, 3.05) is 0 Å². The van der Waals surface area contributed by atoms with Crippen molar-refractivity contribution in [2.45, 2.75) is 58.8 Å². The molecule has 3 aromatic rings. The van der Waals surface area contributed by atoms with Crippen LogP contribution in [0.5, 0.6) is 0 Å². The van der Waals surface area contributed by atoms with Crippen LogP contribution >= 0.6 is 0 Å². The largest absolute Gasteiger partial charge is 0.310 e. The third-order valence-corrected chi connectivity index (χ3v) is 5.35. The number of rotatable bonds is 9. The molecule has 4 heteroatoms. The summed E-state index contributed by atoms with van der Waals surface area (Å²) >= 11 is 0. The van der Waals surface area contributed by atoms with Gasteiger partial charge >= 0.3 is 0 Å². The fourth-order valence-electron chi connectivity index (χ4n) is 3.66. The van der Waals surface area contributed by atoms with E-state index in [9.17, 15) is 10.1 Å². The lowest BCUT2D eigenvalue weighted by Crippen LogP contribution is -2.21. The van der Waals surface area contributed by atoms with E-state index < -0.39 is 0 Å². The minimum Gasteiger partial charge on any atom is -0.310 e. The van der Waals surface area contributed by atoms with Crippen molar-refractivity contribution in [3.8, 4) is 17.2 Å². The highest BCUT2D eigenvalue weighted by atomic mass is 16.1. The Morgan fingerprint density at radius 2 is 1.73 bits per heavy atom. The molecule has 0 aliphatic heterocycles. The molecule has 0 aliphatic carbocycles. The zero-order valence-electron chi connectivity index (χ0n) is 17.9. The van der Waals surface area contributed by atoms with E-state index in [0.717, 1.165) is 72.3 Å². The molecule has 0 unspecified atom stereocenters. The monoisotopic (exact) mass is 399 g/mol. The number of aryl methyl sites for hydroxylation is 2. The molecular formula is C26H29N3O. The van der Waals surface area contributed by atoms with Gasteiger partial charge in [-0.1, -0.05) is 69.2 Å². The maximum absolute atomic E-state index is 12.9. The Balaban J connectivity index is 1.95. The molecule has 1 heterocycles. The Morgan fingerprint density at radius 1 is 1.00 bits per heavy atom. The van der Waals surface area contributed by atoms with Crippen LogP contribution in [0.25, 0.3) is 11.1 Å². The van der Waals surface area contributed by atoms with Crippen molar-refractivity contribution < 1.29 is 0 Å². The summed E-state index contributed by atoms with van der Waals surface area (Å²) in [7, 11) is 0. The first kappa shape index (κ1) is 21.5. The lowest BCUT2D eigenvalue weighted by molar-refractivity contribution is 0.710. The van der Waals surface area contributed by atoms with E-state index >= 15 is 0 Å². The van der Waals surface area contributed by atoms with Gasteiger partial charge < -0.3 is 4.98 Å². The topological polar surface area (TPSA) is 69.5 Å². The second-order valence-electron chi connectivity index (χ2n) is 7.68. The minimum absolute atomic E-state index is 0.0483. The van der Waals surface area contributed by atoms with Crippen molar-refractivity contribution in [1.29, 1.82) is 5.26 Å². The highest BCUT2D eigenvalue weighted by Gasteiger charge is 2.14. The van der Waals surface area contributed by atoms with E-state index in [1.165, 1.54) is 0 Å². The van der Waals surface area contributed by atoms with Crippen LogP contribution in [-0.4, -0.2) is 9.97 Å². The summed E-state index contributed by atoms with van der Waals surface area (Å²) in [5.74, 6) is 0.786. The molecule has 3 rings (SSSR count). The number of H-pyrrole nitrogens is 1. The quantitative estimate of drug-likeness (QED) is 0.510. The lowest BCUT2D eigenvalue weighted by atomic mass is 9.95. The van der Waals surface area contributed by atoms with Gasteiger partial charge in [-0.15, -0.1) is 0 Å². The number of hydrogen-bond donors (Lipinski definition) is 1. The van der Waals surface area contributed by atoms with Gasteiger partial charge in [-0.2, -0.15) is 5.26 Å². The first-order valence-electron chi connectivity index (χ1n) is 10.9.